The maximum Gasteiger partial charge on any atom is 0.311 e. The van der Waals surface area contributed by atoms with Gasteiger partial charge in [-0.1, -0.05) is 12.8 Å². The lowest BCUT2D eigenvalue weighted by Crippen LogP contribution is -2.49. The van der Waals surface area contributed by atoms with E-state index < -0.39 is 4.92 Å². The van der Waals surface area contributed by atoms with Crippen molar-refractivity contribution in [2.45, 2.75) is 51.5 Å². The molecular weight excluding hydrogens is 308 g/mol. The maximum atomic E-state index is 13.0. The number of piperidine rings is 1. The fourth-order valence-corrected chi connectivity index (χ4v) is 4.11. The number of hydrogen-bond acceptors (Lipinski definition) is 4. The van der Waals surface area contributed by atoms with E-state index in [1.54, 1.807) is 13.0 Å². The minimum atomic E-state index is -0.485. The average molecular weight is 332 g/mol. The summed E-state index contributed by atoms with van der Waals surface area (Å²) in [6, 6.07) is 4.84. The van der Waals surface area contributed by atoms with Gasteiger partial charge in [-0.15, -0.1) is 0 Å². The van der Waals surface area contributed by atoms with Gasteiger partial charge < -0.3 is 9.64 Å². The van der Waals surface area contributed by atoms with E-state index in [2.05, 4.69) is 0 Å². The molecule has 2 aliphatic rings. The van der Waals surface area contributed by atoms with Crippen LogP contribution in [0.25, 0.3) is 0 Å². The number of carbonyl (C=O) groups is 1. The number of fused-ring (bicyclic) bond motifs is 1. The van der Waals surface area contributed by atoms with Gasteiger partial charge in [0.05, 0.1) is 11.5 Å². The SMILES string of the molecule is CCOc1ccc(C(=O)N2CCCC3CCCCC32)cc1[N+](=O)[O-]. The highest BCUT2D eigenvalue weighted by Gasteiger charge is 2.36. The molecule has 24 heavy (non-hydrogen) atoms. The molecule has 130 valence electrons. The first kappa shape index (κ1) is 16.7. The molecule has 0 radical (unpaired) electrons. The second-order valence-electron chi connectivity index (χ2n) is 6.63. The zero-order chi connectivity index (χ0) is 17.1. The minimum absolute atomic E-state index is 0.0854. The molecule has 2 unspecified atom stereocenters. The van der Waals surface area contributed by atoms with Gasteiger partial charge in [0, 0.05) is 24.2 Å². The number of hydrogen-bond donors (Lipinski definition) is 0. The fraction of sp³-hybridized carbons (Fsp3) is 0.611. The normalized spacial score (nSPS) is 23.5. The summed E-state index contributed by atoms with van der Waals surface area (Å²) in [5.41, 5.74) is 0.247. The largest absolute Gasteiger partial charge is 0.487 e. The van der Waals surface area contributed by atoms with Gasteiger partial charge in [0.15, 0.2) is 5.75 Å². The van der Waals surface area contributed by atoms with Crippen LogP contribution in [0.15, 0.2) is 18.2 Å². The van der Waals surface area contributed by atoms with Gasteiger partial charge in [-0.2, -0.15) is 0 Å². The third-order valence-electron chi connectivity index (χ3n) is 5.21. The average Bonchev–Trinajstić information content (AvgIpc) is 2.61. The van der Waals surface area contributed by atoms with Crippen LogP contribution in [-0.2, 0) is 0 Å². The molecule has 1 saturated carbocycles. The van der Waals surface area contributed by atoms with Crippen LogP contribution in [-0.4, -0.2) is 34.9 Å². The summed E-state index contributed by atoms with van der Waals surface area (Å²) in [6.07, 6.45) is 6.86. The molecular formula is C18H24N2O4. The zero-order valence-electron chi connectivity index (χ0n) is 14.1. The maximum absolute atomic E-state index is 13.0. The summed E-state index contributed by atoms with van der Waals surface area (Å²) in [7, 11) is 0. The highest BCUT2D eigenvalue weighted by atomic mass is 16.6. The molecule has 1 saturated heterocycles. The van der Waals surface area contributed by atoms with Crippen molar-refractivity contribution in [2.24, 2.45) is 5.92 Å². The van der Waals surface area contributed by atoms with E-state index in [0.717, 1.165) is 25.8 Å². The van der Waals surface area contributed by atoms with Crippen molar-refractivity contribution in [1.29, 1.82) is 0 Å². The molecule has 2 fully saturated rings. The highest BCUT2D eigenvalue weighted by Crippen LogP contribution is 2.36. The Morgan fingerprint density at radius 3 is 2.79 bits per heavy atom. The van der Waals surface area contributed by atoms with Crippen molar-refractivity contribution >= 4 is 11.6 Å². The van der Waals surface area contributed by atoms with Crippen molar-refractivity contribution in [3.63, 3.8) is 0 Å². The Kier molecular flexibility index (Phi) is 5.02. The molecule has 0 aromatic heterocycles. The topological polar surface area (TPSA) is 72.7 Å². The summed E-state index contributed by atoms with van der Waals surface area (Å²) in [5, 5.41) is 11.3. The molecule has 1 aliphatic carbocycles. The van der Waals surface area contributed by atoms with E-state index in [1.165, 1.54) is 31.4 Å². The van der Waals surface area contributed by atoms with Crippen LogP contribution in [0.2, 0.25) is 0 Å². The van der Waals surface area contributed by atoms with Crippen LogP contribution in [0.1, 0.15) is 55.8 Å². The van der Waals surface area contributed by atoms with Crippen molar-refractivity contribution in [1.82, 2.24) is 4.90 Å². The molecule has 3 rings (SSSR count). The van der Waals surface area contributed by atoms with E-state index in [0.29, 0.717) is 24.1 Å². The van der Waals surface area contributed by atoms with Crippen LogP contribution >= 0.6 is 0 Å². The first-order chi connectivity index (χ1) is 11.6. The molecule has 6 heteroatoms. The Balaban J connectivity index is 1.86. The van der Waals surface area contributed by atoms with Crippen molar-refractivity contribution in [3.05, 3.63) is 33.9 Å². The third kappa shape index (κ3) is 3.23. The van der Waals surface area contributed by atoms with Crippen LogP contribution in [0.5, 0.6) is 5.75 Å². The van der Waals surface area contributed by atoms with Gasteiger partial charge in [-0.3, -0.25) is 14.9 Å². The Hall–Kier alpha value is -2.11. The smallest absolute Gasteiger partial charge is 0.311 e. The molecule has 0 spiro atoms. The summed E-state index contributed by atoms with van der Waals surface area (Å²) >= 11 is 0. The quantitative estimate of drug-likeness (QED) is 0.621. The second kappa shape index (κ2) is 7.20. The van der Waals surface area contributed by atoms with Crippen molar-refractivity contribution in [3.8, 4) is 5.75 Å². The highest BCUT2D eigenvalue weighted by molar-refractivity contribution is 5.95. The van der Waals surface area contributed by atoms with Crippen molar-refractivity contribution in [2.75, 3.05) is 13.2 Å². The third-order valence-corrected chi connectivity index (χ3v) is 5.21. The summed E-state index contributed by atoms with van der Waals surface area (Å²) < 4.78 is 5.30. The summed E-state index contributed by atoms with van der Waals surface area (Å²) in [4.78, 5) is 25.7. The predicted molar refractivity (Wildman–Crippen MR) is 90.3 cm³/mol. The second-order valence-corrected chi connectivity index (χ2v) is 6.63. The van der Waals surface area contributed by atoms with Gasteiger partial charge in [0.1, 0.15) is 0 Å². The van der Waals surface area contributed by atoms with E-state index in [1.807, 2.05) is 4.90 Å². The molecule has 1 aromatic carbocycles. The molecule has 1 amide bonds. The number of likely N-dealkylation sites (tertiary alicyclic amines) is 1. The Bertz CT molecular complexity index is 629. The lowest BCUT2D eigenvalue weighted by molar-refractivity contribution is -0.385. The number of benzene rings is 1. The Labute approximate surface area is 141 Å². The molecule has 6 nitrogen and oxygen atoms in total. The number of nitro benzene ring substituents is 1. The van der Waals surface area contributed by atoms with Gasteiger partial charge in [-0.25, -0.2) is 0 Å². The molecule has 1 aromatic rings. The first-order valence-electron chi connectivity index (χ1n) is 8.84. The number of nitro groups is 1. The van der Waals surface area contributed by atoms with Gasteiger partial charge in [0.25, 0.3) is 5.91 Å². The van der Waals surface area contributed by atoms with Crippen LogP contribution in [0.3, 0.4) is 0 Å². The van der Waals surface area contributed by atoms with Crippen LogP contribution < -0.4 is 4.74 Å². The molecule has 1 heterocycles. The van der Waals surface area contributed by atoms with Gasteiger partial charge in [-0.05, 0) is 50.7 Å². The number of carbonyl (C=O) groups excluding carboxylic acids is 1. The number of rotatable bonds is 4. The monoisotopic (exact) mass is 332 g/mol. The number of nitrogens with zero attached hydrogens (tertiary/aromatic N) is 2. The lowest BCUT2D eigenvalue weighted by atomic mass is 9.78. The van der Waals surface area contributed by atoms with Crippen molar-refractivity contribution < 1.29 is 14.5 Å². The Morgan fingerprint density at radius 1 is 1.29 bits per heavy atom. The fourth-order valence-electron chi connectivity index (χ4n) is 4.11. The molecule has 0 N–H and O–H groups in total. The zero-order valence-corrected chi connectivity index (χ0v) is 14.1. The lowest BCUT2D eigenvalue weighted by Gasteiger charge is -2.44. The summed E-state index contributed by atoms with van der Waals surface area (Å²) in [5.74, 6) is 0.722. The van der Waals surface area contributed by atoms with Crippen LogP contribution in [0, 0.1) is 16.0 Å². The molecule has 2 atom stereocenters. The Morgan fingerprint density at radius 2 is 2.04 bits per heavy atom. The first-order valence-corrected chi connectivity index (χ1v) is 8.84. The van der Waals surface area contributed by atoms with Crippen LogP contribution in [0.4, 0.5) is 5.69 Å². The van der Waals surface area contributed by atoms with E-state index in [9.17, 15) is 14.9 Å². The predicted octanol–water partition coefficient (Wildman–Crippen LogP) is 3.79. The number of ether oxygens (including phenoxy) is 1. The minimum Gasteiger partial charge on any atom is -0.487 e. The van der Waals surface area contributed by atoms with Gasteiger partial charge in [0.2, 0.25) is 0 Å². The summed E-state index contributed by atoms with van der Waals surface area (Å²) in [6.45, 7) is 2.88. The van der Waals surface area contributed by atoms with Gasteiger partial charge >= 0.3 is 5.69 Å². The van der Waals surface area contributed by atoms with E-state index >= 15 is 0 Å². The number of amides is 1. The standard InChI is InChI=1S/C18H24N2O4/c1-2-24-17-10-9-14(12-16(17)20(22)23)18(21)19-11-5-7-13-6-3-4-8-15(13)19/h9-10,12-13,15H,2-8,11H2,1H3. The molecule has 0 bridgehead atoms. The van der Waals surface area contributed by atoms with E-state index in [4.69, 9.17) is 4.74 Å². The van der Waals surface area contributed by atoms with E-state index in [-0.39, 0.29) is 17.3 Å². The molecule has 1 aliphatic heterocycles.